The van der Waals surface area contributed by atoms with E-state index in [-0.39, 0.29) is 18.7 Å². The number of rotatable bonds is 7. The predicted octanol–water partition coefficient (Wildman–Crippen LogP) is 0.277. The molecule has 2 amide bonds. The lowest BCUT2D eigenvalue weighted by Crippen LogP contribution is -2.48. The van der Waals surface area contributed by atoms with Crippen LogP contribution >= 0.6 is 0 Å². The quantitative estimate of drug-likeness (QED) is 0.621. The molecule has 152 valence electrons. The van der Waals surface area contributed by atoms with E-state index >= 15 is 0 Å². The molecule has 0 radical (unpaired) electrons. The lowest BCUT2D eigenvalue weighted by molar-refractivity contribution is -0.113. The summed E-state index contributed by atoms with van der Waals surface area (Å²) < 4.78 is 16.8. The van der Waals surface area contributed by atoms with E-state index in [0.717, 1.165) is 50.7 Å². The Labute approximate surface area is 159 Å². The van der Waals surface area contributed by atoms with Crippen molar-refractivity contribution < 1.29 is 23.9 Å². The molecule has 9 heteroatoms. The van der Waals surface area contributed by atoms with Gasteiger partial charge in [0.15, 0.2) is 5.76 Å². The summed E-state index contributed by atoms with van der Waals surface area (Å²) in [5.41, 5.74) is 0.857. The van der Waals surface area contributed by atoms with Gasteiger partial charge < -0.3 is 29.7 Å². The number of aliphatic hydroxyl groups is 1. The Morgan fingerprint density at radius 1 is 1.33 bits per heavy atom. The van der Waals surface area contributed by atoms with Crippen LogP contribution in [0.4, 0.5) is 4.79 Å². The Balaban J connectivity index is 1.46. The fourth-order valence-electron chi connectivity index (χ4n) is 3.44. The number of urea groups is 1. The number of nitrogens with zero attached hydrogens (tertiary/aromatic N) is 2. The van der Waals surface area contributed by atoms with Crippen LogP contribution in [0.2, 0.25) is 0 Å². The lowest BCUT2D eigenvalue weighted by Gasteiger charge is -2.33. The Morgan fingerprint density at radius 3 is 2.93 bits per heavy atom. The van der Waals surface area contributed by atoms with E-state index < -0.39 is 12.2 Å². The maximum absolute atomic E-state index is 11.5. The van der Waals surface area contributed by atoms with Gasteiger partial charge in [-0.25, -0.2) is 4.79 Å². The van der Waals surface area contributed by atoms with Crippen molar-refractivity contribution in [2.24, 2.45) is 0 Å². The fourth-order valence-corrected chi connectivity index (χ4v) is 3.44. The van der Waals surface area contributed by atoms with Gasteiger partial charge in [0.25, 0.3) is 0 Å². The van der Waals surface area contributed by atoms with E-state index in [0.29, 0.717) is 19.4 Å². The average Bonchev–Trinajstić information content (AvgIpc) is 3.10. The van der Waals surface area contributed by atoms with Crippen molar-refractivity contribution >= 4 is 6.03 Å². The molecule has 3 N–H and O–H groups in total. The highest BCUT2D eigenvalue weighted by Gasteiger charge is 2.30. The van der Waals surface area contributed by atoms with Crippen molar-refractivity contribution in [2.45, 2.75) is 51.0 Å². The summed E-state index contributed by atoms with van der Waals surface area (Å²) in [6.07, 6.45) is 1.01. The van der Waals surface area contributed by atoms with Gasteiger partial charge in [-0.1, -0.05) is 5.16 Å². The van der Waals surface area contributed by atoms with Crippen LogP contribution in [0.1, 0.15) is 31.2 Å². The topological polar surface area (TPSA) is 109 Å². The van der Waals surface area contributed by atoms with Crippen molar-refractivity contribution in [1.29, 1.82) is 0 Å². The average molecular weight is 382 g/mol. The van der Waals surface area contributed by atoms with Gasteiger partial charge in [-0.2, -0.15) is 0 Å². The van der Waals surface area contributed by atoms with Gasteiger partial charge in [-0.3, -0.25) is 4.90 Å². The van der Waals surface area contributed by atoms with E-state index in [2.05, 4.69) is 20.7 Å². The highest BCUT2D eigenvalue weighted by molar-refractivity contribution is 5.73. The van der Waals surface area contributed by atoms with Crippen molar-refractivity contribution in [3.63, 3.8) is 0 Å². The van der Waals surface area contributed by atoms with Crippen LogP contribution in [0.3, 0.4) is 0 Å². The normalized spacial score (nSPS) is 26.7. The minimum Gasteiger partial charge on any atom is -0.390 e. The van der Waals surface area contributed by atoms with Gasteiger partial charge in [-0.15, -0.1) is 0 Å². The van der Waals surface area contributed by atoms with Crippen LogP contribution in [0.5, 0.6) is 0 Å². The molecule has 2 saturated heterocycles. The molecule has 0 saturated carbocycles. The predicted molar refractivity (Wildman–Crippen MR) is 97.3 cm³/mol. The number of ether oxygens (including phenoxy) is 2. The summed E-state index contributed by atoms with van der Waals surface area (Å²) in [6, 6.07) is 1.73. The van der Waals surface area contributed by atoms with E-state index in [9.17, 15) is 9.90 Å². The Kier molecular flexibility index (Phi) is 7.45. The molecule has 27 heavy (non-hydrogen) atoms. The first-order chi connectivity index (χ1) is 13.1. The summed E-state index contributed by atoms with van der Waals surface area (Å²) in [4.78, 5) is 13.8. The van der Waals surface area contributed by atoms with Crippen molar-refractivity contribution in [1.82, 2.24) is 20.7 Å². The summed E-state index contributed by atoms with van der Waals surface area (Å²) >= 11 is 0. The summed E-state index contributed by atoms with van der Waals surface area (Å²) in [5.74, 6) is 0.845. The van der Waals surface area contributed by atoms with Crippen LogP contribution in [0.25, 0.3) is 0 Å². The molecule has 0 spiro atoms. The minimum absolute atomic E-state index is 0.0456. The molecule has 0 bridgehead atoms. The molecule has 1 aromatic rings. The molecule has 0 unspecified atom stereocenters. The maximum Gasteiger partial charge on any atom is 0.314 e. The molecule has 3 atom stereocenters. The molecule has 9 nitrogen and oxygen atoms in total. The summed E-state index contributed by atoms with van der Waals surface area (Å²) in [7, 11) is 0. The number of amides is 2. The van der Waals surface area contributed by atoms with Gasteiger partial charge in [-0.05, 0) is 19.8 Å². The van der Waals surface area contributed by atoms with Crippen molar-refractivity contribution in [3.05, 3.63) is 17.5 Å². The van der Waals surface area contributed by atoms with Crippen molar-refractivity contribution in [3.8, 4) is 0 Å². The Hall–Kier alpha value is -1.68. The first-order valence-corrected chi connectivity index (χ1v) is 9.74. The maximum atomic E-state index is 11.5. The molecule has 3 rings (SSSR count). The number of carbonyl (C=O) groups is 1. The van der Waals surface area contributed by atoms with E-state index in [4.69, 9.17) is 14.0 Å². The second kappa shape index (κ2) is 10.0. The molecule has 0 aliphatic carbocycles. The van der Waals surface area contributed by atoms with Crippen molar-refractivity contribution in [2.75, 3.05) is 39.4 Å². The SMILES string of the molecule is CCNC(=O)NC[C@H]1O[C@H](Cc2cc(CN3CCOCC3)on2)CC[C@@H]1O. The van der Waals surface area contributed by atoms with Crippen LogP contribution in [0.15, 0.2) is 10.6 Å². The lowest BCUT2D eigenvalue weighted by atomic mass is 9.98. The monoisotopic (exact) mass is 382 g/mol. The number of aromatic nitrogens is 1. The number of nitrogens with one attached hydrogen (secondary N) is 2. The standard InChI is InChI=1S/C18H30N4O5/c1-2-19-18(24)20-11-17-16(23)4-3-14(26-17)9-13-10-15(27-21-13)12-22-5-7-25-8-6-22/h10,14,16-17,23H,2-9,11-12H2,1H3,(H2,19,20,24)/t14-,16-,17+/m0/s1. The first-order valence-electron chi connectivity index (χ1n) is 9.74. The second-order valence-electron chi connectivity index (χ2n) is 7.06. The van der Waals surface area contributed by atoms with Gasteiger partial charge in [0.2, 0.25) is 0 Å². The third-order valence-electron chi connectivity index (χ3n) is 4.91. The van der Waals surface area contributed by atoms with Gasteiger partial charge in [0.05, 0.1) is 37.7 Å². The minimum atomic E-state index is -0.572. The van der Waals surface area contributed by atoms with Gasteiger partial charge >= 0.3 is 6.03 Å². The molecule has 0 aromatic carbocycles. The smallest absolute Gasteiger partial charge is 0.314 e. The Bertz CT molecular complexity index is 590. The molecule has 2 aliphatic heterocycles. The molecule has 2 fully saturated rings. The van der Waals surface area contributed by atoms with Gasteiger partial charge in [0, 0.05) is 38.7 Å². The zero-order chi connectivity index (χ0) is 19.1. The summed E-state index contributed by atoms with van der Waals surface area (Å²) in [5, 5.41) is 19.7. The van der Waals surface area contributed by atoms with Crippen LogP contribution in [-0.2, 0) is 22.4 Å². The van der Waals surface area contributed by atoms with E-state index in [1.54, 1.807) is 0 Å². The number of carbonyl (C=O) groups excluding carboxylic acids is 1. The number of hydrogen-bond acceptors (Lipinski definition) is 7. The molecule has 2 aliphatic rings. The summed E-state index contributed by atoms with van der Waals surface area (Å²) in [6.45, 7) is 6.74. The van der Waals surface area contributed by atoms with Crippen LogP contribution < -0.4 is 10.6 Å². The Morgan fingerprint density at radius 2 is 2.15 bits per heavy atom. The number of hydrogen-bond donors (Lipinski definition) is 3. The van der Waals surface area contributed by atoms with E-state index in [1.807, 2.05) is 13.0 Å². The highest BCUT2D eigenvalue weighted by atomic mass is 16.5. The number of morpholine rings is 1. The molecular weight excluding hydrogens is 352 g/mol. The van der Waals surface area contributed by atoms with Crippen LogP contribution in [-0.4, -0.2) is 78.9 Å². The fraction of sp³-hybridized carbons (Fsp3) is 0.778. The highest BCUT2D eigenvalue weighted by Crippen LogP contribution is 2.22. The van der Waals surface area contributed by atoms with Crippen LogP contribution in [0, 0.1) is 0 Å². The zero-order valence-corrected chi connectivity index (χ0v) is 15.9. The molecular formula is C18H30N4O5. The zero-order valence-electron chi connectivity index (χ0n) is 15.9. The first kappa shape index (κ1) is 20.1. The molecule has 1 aromatic heterocycles. The third kappa shape index (κ3) is 6.17. The second-order valence-corrected chi connectivity index (χ2v) is 7.06. The largest absolute Gasteiger partial charge is 0.390 e. The molecule has 3 heterocycles. The third-order valence-corrected chi connectivity index (χ3v) is 4.91. The van der Waals surface area contributed by atoms with E-state index in [1.165, 1.54) is 0 Å². The number of aliphatic hydroxyl groups excluding tert-OH is 1. The van der Waals surface area contributed by atoms with Gasteiger partial charge in [0.1, 0.15) is 6.10 Å².